The van der Waals surface area contributed by atoms with Crippen LogP contribution in [-0.4, -0.2) is 71.2 Å². The number of anilines is 1. The molecule has 0 saturated carbocycles. The molecular formula is C33H37N7O4. The highest BCUT2D eigenvalue weighted by Gasteiger charge is 2.35. The number of fused-ring (bicyclic) bond motifs is 1. The monoisotopic (exact) mass is 595 g/mol. The zero-order chi connectivity index (χ0) is 31.2. The van der Waals surface area contributed by atoms with Crippen LogP contribution in [0.3, 0.4) is 0 Å². The molecule has 0 spiro atoms. The first kappa shape index (κ1) is 29.3. The van der Waals surface area contributed by atoms with Gasteiger partial charge in [0.15, 0.2) is 5.65 Å². The fraction of sp³-hybridized carbons (Fsp3) is 0.333. The van der Waals surface area contributed by atoms with Gasteiger partial charge in [-0.15, -0.1) is 0 Å². The van der Waals surface area contributed by atoms with E-state index in [4.69, 9.17) is 14.8 Å². The zero-order valence-electron chi connectivity index (χ0n) is 25.6. The number of hydrogen-bond donors (Lipinski definition) is 3. The lowest BCUT2D eigenvalue weighted by Gasteiger charge is -2.21. The molecule has 5 aromatic rings. The maximum Gasteiger partial charge on any atom is 0.257 e. The summed E-state index contributed by atoms with van der Waals surface area (Å²) in [5.74, 6) is 0.903. The number of nitrogens with one attached hydrogen (secondary N) is 1. The van der Waals surface area contributed by atoms with Crippen LogP contribution in [-0.2, 0) is 12.1 Å². The van der Waals surface area contributed by atoms with Crippen molar-refractivity contribution in [2.75, 3.05) is 25.5 Å². The molecule has 1 amide bonds. The highest BCUT2D eigenvalue weighted by molar-refractivity contribution is 5.99. The lowest BCUT2D eigenvalue weighted by molar-refractivity contribution is 0.0570. The standard InChI is InChI=1S/C33H37N7O4/c1-21-29(23-10-11-26(44-5)25(17-23)31(41)38-15-12-33(4,43)20-38)30-36-27(32(2,3)42)18-28(40(30)37-21)34-19-22-8-6-9-24(16-22)39-14-7-13-35-39/h6-11,13-14,16-18,34,42-43H,12,15,19-20H2,1-5H3. The Bertz CT molecular complexity index is 1840. The highest BCUT2D eigenvalue weighted by Crippen LogP contribution is 2.35. The summed E-state index contributed by atoms with van der Waals surface area (Å²) in [4.78, 5) is 20.1. The average Bonchev–Trinajstić information content (AvgIpc) is 3.73. The van der Waals surface area contributed by atoms with E-state index in [1.54, 1.807) is 48.5 Å². The number of aliphatic hydroxyl groups is 2. The van der Waals surface area contributed by atoms with Crippen LogP contribution in [0.2, 0.25) is 0 Å². The number of benzene rings is 2. The first-order valence-electron chi connectivity index (χ1n) is 14.6. The molecule has 0 bridgehead atoms. The first-order valence-corrected chi connectivity index (χ1v) is 14.6. The number of hydrogen-bond acceptors (Lipinski definition) is 8. The van der Waals surface area contributed by atoms with Crippen LogP contribution in [0.25, 0.3) is 22.5 Å². The SMILES string of the molecule is COc1ccc(-c2c(C)nn3c(NCc4cccc(-n5cccn5)c4)cc(C(C)(C)O)nc23)cc1C(=O)N1CCC(C)(O)C1. The van der Waals surface area contributed by atoms with Gasteiger partial charge < -0.3 is 25.2 Å². The molecule has 4 heterocycles. The molecule has 2 aromatic carbocycles. The Kier molecular flexibility index (Phi) is 7.38. The molecule has 3 aromatic heterocycles. The number of aryl methyl sites for hydroxylation is 1. The molecule has 1 aliphatic heterocycles. The summed E-state index contributed by atoms with van der Waals surface area (Å²) >= 11 is 0. The third kappa shape index (κ3) is 5.63. The number of carbonyl (C=O) groups is 1. The van der Waals surface area contributed by atoms with Crippen molar-refractivity contribution in [3.05, 3.63) is 89.5 Å². The van der Waals surface area contributed by atoms with E-state index in [0.29, 0.717) is 53.7 Å². The number of likely N-dealkylation sites (tertiary alicyclic amines) is 1. The molecule has 3 N–H and O–H groups in total. The minimum atomic E-state index is -1.22. The van der Waals surface area contributed by atoms with Gasteiger partial charge in [-0.25, -0.2) is 9.67 Å². The lowest BCUT2D eigenvalue weighted by Crippen LogP contribution is -2.34. The smallest absolute Gasteiger partial charge is 0.257 e. The Hall–Kier alpha value is -4.74. The Morgan fingerprint density at radius 1 is 1.16 bits per heavy atom. The Morgan fingerprint density at radius 3 is 2.66 bits per heavy atom. The van der Waals surface area contributed by atoms with Crippen LogP contribution in [0.4, 0.5) is 5.82 Å². The van der Waals surface area contributed by atoms with Crippen molar-refractivity contribution in [1.29, 1.82) is 0 Å². The van der Waals surface area contributed by atoms with Crippen molar-refractivity contribution in [3.8, 4) is 22.6 Å². The maximum absolute atomic E-state index is 13.6. The number of methoxy groups -OCH3 is 1. The number of nitrogens with zero attached hydrogens (tertiary/aromatic N) is 6. The molecule has 1 saturated heterocycles. The largest absolute Gasteiger partial charge is 0.496 e. The second-order valence-corrected chi connectivity index (χ2v) is 12.1. The minimum Gasteiger partial charge on any atom is -0.496 e. The lowest BCUT2D eigenvalue weighted by atomic mass is 10.0. The van der Waals surface area contributed by atoms with Gasteiger partial charge in [-0.1, -0.05) is 18.2 Å². The summed E-state index contributed by atoms with van der Waals surface area (Å²) in [7, 11) is 1.53. The van der Waals surface area contributed by atoms with E-state index >= 15 is 0 Å². The predicted octanol–water partition coefficient (Wildman–Crippen LogP) is 4.34. The minimum absolute atomic E-state index is 0.208. The van der Waals surface area contributed by atoms with Crippen molar-refractivity contribution in [2.24, 2.45) is 0 Å². The van der Waals surface area contributed by atoms with E-state index in [1.807, 2.05) is 54.2 Å². The molecule has 1 atom stereocenters. The van der Waals surface area contributed by atoms with Gasteiger partial charge in [-0.3, -0.25) is 4.79 Å². The molecule has 11 nitrogen and oxygen atoms in total. The van der Waals surface area contributed by atoms with E-state index in [2.05, 4.69) is 16.5 Å². The topological polar surface area (TPSA) is 130 Å². The fourth-order valence-corrected chi connectivity index (χ4v) is 5.64. The highest BCUT2D eigenvalue weighted by atomic mass is 16.5. The van der Waals surface area contributed by atoms with Crippen molar-refractivity contribution >= 4 is 17.4 Å². The molecular weight excluding hydrogens is 558 g/mol. The summed E-state index contributed by atoms with van der Waals surface area (Å²) in [6, 6.07) is 17.2. The van der Waals surface area contributed by atoms with Gasteiger partial charge in [0.2, 0.25) is 0 Å². The number of rotatable bonds is 8. The number of ether oxygens (including phenoxy) is 1. The van der Waals surface area contributed by atoms with E-state index in [9.17, 15) is 15.0 Å². The van der Waals surface area contributed by atoms with E-state index in [1.165, 1.54) is 7.11 Å². The van der Waals surface area contributed by atoms with Crippen molar-refractivity contribution in [3.63, 3.8) is 0 Å². The summed E-state index contributed by atoms with van der Waals surface area (Å²) < 4.78 is 9.11. The fourth-order valence-electron chi connectivity index (χ4n) is 5.64. The van der Waals surface area contributed by atoms with Crippen molar-refractivity contribution in [2.45, 2.75) is 51.9 Å². The molecule has 1 fully saturated rings. The van der Waals surface area contributed by atoms with Crippen LogP contribution in [0.1, 0.15) is 54.5 Å². The molecule has 0 radical (unpaired) electrons. The Morgan fingerprint density at radius 2 is 1.98 bits per heavy atom. The third-order valence-electron chi connectivity index (χ3n) is 8.00. The van der Waals surface area contributed by atoms with Gasteiger partial charge in [-0.05, 0) is 75.6 Å². The van der Waals surface area contributed by atoms with Gasteiger partial charge in [0.1, 0.15) is 17.2 Å². The summed E-state index contributed by atoms with van der Waals surface area (Å²) in [6.45, 7) is 8.24. The Balaban J connectivity index is 1.40. The van der Waals surface area contributed by atoms with Gasteiger partial charge in [0, 0.05) is 43.7 Å². The second kappa shape index (κ2) is 11.1. The van der Waals surface area contributed by atoms with E-state index in [0.717, 1.165) is 22.4 Å². The zero-order valence-corrected chi connectivity index (χ0v) is 25.6. The van der Waals surface area contributed by atoms with Crippen molar-refractivity contribution < 1.29 is 19.7 Å². The van der Waals surface area contributed by atoms with Gasteiger partial charge >= 0.3 is 0 Å². The number of amides is 1. The van der Waals surface area contributed by atoms with Crippen molar-refractivity contribution in [1.82, 2.24) is 29.3 Å². The van der Waals surface area contributed by atoms with Crippen LogP contribution < -0.4 is 10.1 Å². The molecule has 1 aliphatic rings. The predicted molar refractivity (Wildman–Crippen MR) is 167 cm³/mol. The molecule has 0 aliphatic carbocycles. The summed E-state index contributed by atoms with van der Waals surface area (Å²) in [5.41, 5.74) is 3.46. The van der Waals surface area contributed by atoms with E-state index < -0.39 is 11.2 Å². The third-order valence-corrected chi connectivity index (χ3v) is 8.00. The second-order valence-electron chi connectivity index (χ2n) is 12.1. The van der Waals surface area contributed by atoms with Crippen LogP contribution >= 0.6 is 0 Å². The number of carbonyl (C=O) groups excluding carboxylic acids is 1. The first-order chi connectivity index (χ1) is 20.9. The van der Waals surface area contributed by atoms with Crippen LogP contribution in [0.5, 0.6) is 5.75 Å². The van der Waals surface area contributed by atoms with Crippen LogP contribution in [0, 0.1) is 6.92 Å². The average molecular weight is 596 g/mol. The molecule has 11 heteroatoms. The molecule has 1 unspecified atom stereocenters. The van der Waals surface area contributed by atoms with E-state index in [-0.39, 0.29) is 12.5 Å². The molecule has 6 rings (SSSR count). The normalized spacial score (nSPS) is 16.9. The Labute approximate surface area is 255 Å². The summed E-state index contributed by atoms with van der Waals surface area (Å²) in [6.07, 6.45) is 4.16. The van der Waals surface area contributed by atoms with Gasteiger partial charge in [0.25, 0.3) is 5.91 Å². The maximum atomic E-state index is 13.6. The van der Waals surface area contributed by atoms with Gasteiger partial charge in [-0.2, -0.15) is 14.7 Å². The summed E-state index contributed by atoms with van der Waals surface area (Å²) in [5, 5.41) is 34.1. The number of aromatic nitrogens is 5. The quantitative estimate of drug-likeness (QED) is 0.242. The van der Waals surface area contributed by atoms with Gasteiger partial charge in [0.05, 0.1) is 35.3 Å². The molecule has 44 heavy (non-hydrogen) atoms. The number of β-amino-alcohol motifs (C(OH)–C–C–N with tert-alkyl or cyclic N) is 1. The molecule has 228 valence electrons. The van der Waals surface area contributed by atoms with Crippen LogP contribution in [0.15, 0.2) is 67.0 Å².